The fourth-order valence-electron chi connectivity index (χ4n) is 6.87. The molecule has 6 rings (SSSR count). The molecule has 1 amide bonds. The molecule has 11 heteroatoms. The fourth-order valence-corrected chi connectivity index (χ4v) is 7.23. The molecule has 0 radical (unpaired) electrons. The summed E-state index contributed by atoms with van der Waals surface area (Å²) in [5.74, 6) is 0.641. The summed E-state index contributed by atoms with van der Waals surface area (Å²) < 4.78 is 47.5. The molecule has 2 aromatic rings. The average Bonchev–Trinajstić information content (AvgIpc) is 3.00. The molecule has 0 bridgehead atoms. The second-order valence-corrected chi connectivity index (χ2v) is 12.6. The molecule has 43 heavy (non-hydrogen) atoms. The highest BCUT2D eigenvalue weighted by Crippen LogP contribution is 2.48. The fraction of sp³-hybridized carbons (Fsp3) is 0.500. The summed E-state index contributed by atoms with van der Waals surface area (Å²) in [6, 6.07) is 9.97. The van der Waals surface area contributed by atoms with Crippen molar-refractivity contribution in [1.29, 1.82) is 0 Å². The number of carbonyl (C=O) groups excluding carboxylic acids is 1. The Kier molecular flexibility index (Phi) is 8.45. The van der Waals surface area contributed by atoms with Gasteiger partial charge in [-0.2, -0.15) is 13.2 Å². The molecule has 1 unspecified atom stereocenters. The normalized spacial score (nSPS) is 23.7. The second kappa shape index (κ2) is 12.1. The van der Waals surface area contributed by atoms with Gasteiger partial charge in [-0.1, -0.05) is 36.7 Å². The van der Waals surface area contributed by atoms with Crippen molar-refractivity contribution in [2.24, 2.45) is 5.41 Å². The van der Waals surface area contributed by atoms with Gasteiger partial charge in [0.05, 0.1) is 18.9 Å². The van der Waals surface area contributed by atoms with Gasteiger partial charge in [-0.15, -0.1) is 0 Å². The number of alkyl halides is 3. The van der Waals surface area contributed by atoms with E-state index in [2.05, 4.69) is 15.2 Å². The second-order valence-electron chi connectivity index (χ2n) is 12.1. The Morgan fingerprint density at radius 3 is 2.60 bits per heavy atom. The number of anilines is 2. The zero-order valence-electron chi connectivity index (χ0n) is 24.3. The molecule has 3 aliphatic heterocycles. The monoisotopic (exact) mass is 615 g/mol. The van der Waals surface area contributed by atoms with E-state index in [1.54, 1.807) is 13.1 Å². The van der Waals surface area contributed by atoms with E-state index in [0.29, 0.717) is 35.5 Å². The van der Waals surface area contributed by atoms with Gasteiger partial charge < -0.3 is 19.9 Å². The smallest absolute Gasteiger partial charge is 0.379 e. The average molecular weight is 616 g/mol. The number of carbonyl (C=O) groups is 1. The minimum Gasteiger partial charge on any atom is -0.379 e. The van der Waals surface area contributed by atoms with Gasteiger partial charge in [-0.25, -0.2) is 4.98 Å². The third-order valence-corrected chi connectivity index (χ3v) is 9.38. The summed E-state index contributed by atoms with van der Waals surface area (Å²) in [6.45, 7) is 7.74. The molecule has 0 spiro atoms. The predicted octanol–water partition coefficient (Wildman–Crippen LogP) is 5.94. The lowest BCUT2D eigenvalue weighted by Crippen LogP contribution is -2.50. The Morgan fingerprint density at radius 1 is 1.09 bits per heavy atom. The molecule has 1 atom stereocenters. The van der Waals surface area contributed by atoms with Crippen LogP contribution < -0.4 is 10.2 Å². The molecule has 4 aliphatic rings. The van der Waals surface area contributed by atoms with Crippen LogP contribution in [0.15, 0.2) is 59.3 Å². The number of halogens is 4. The Balaban J connectivity index is 1.19. The minimum absolute atomic E-state index is 0.0121. The quantitative estimate of drug-likeness (QED) is 0.449. The van der Waals surface area contributed by atoms with Crippen LogP contribution in [0.25, 0.3) is 11.1 Å². The largest absolute Gasteiger partial charge is 0.413 e. The van der Waals surface area contributed by atoms with Crippen molar-refractivity contribution in [3.05, 3.63) is 64.8 Å². The standard InChI is InChI=1S/C32H37ClF3N5O2/c1-31(19-25(33)5-6-28(31)32(34,35)36)21-41-12-9-37-29-27(41)18-24(20-38-29)22-3-2-4-23(17-22)30(42)40-10-7-26(8-11-40)39-13-15-43-16-14-39/h2-6,17-18,20,26H,7-16,19,21H2,1H3,(H,37,38). The summed E-state index contributed by atoms with van der Waals surface area (Å²) in [6.07, 6.45) is 1.76. The van der Waals surface area contributed by atoms with Crippen LogP contribution >= 0.6 is 11.6 Å². The Hall–Kier alpha value is -3.08. The molecule has 2 fully saturated rings. The number of hydrogen-bond donors (Lipinski definition) is 1. The highest BCUT2D eigenvalue weighted by atomic mass is 35.5. The maximum Gasteiger partial charge on any atom is 0.413 e. The van der Waals surface area contributed by atoms with E-state index in [1.165, 1.54) is 6.08 Å². The molecule has 1 aromatic carbocycles. The van der Waals surface area contributed by atoms with E-state index in [1.807, 2.05) is 40.1 Å². The van der Waals surface area contributed by atoms with E-state index in [-0.39, 0.29) is 18.9 Å². The molecular weight excluding hydrogens is 579 g/mol. The Labute approximate surface area is 255 Å². The van der Waals surface area contributed by atoms with Gasteiger partial charge >= 0.3 is 6.18 Å². The third kappa shape index (κ3) is 6.42. The molecular formula is C32H37ClF3N5O2. The minimum atomic E-state index is -4.45. The van der Waals surface area contributed by atoms with Crippen LogP contribution in [-0.2, 0) is 4.74 Å². The number of hydrogen-bond acceptors (Lipinski definition) is 6. The van der Waals surface area contributed by atoms with Crippen molar-refractivity contribution in [3.63, 3.8) is 0 Å². The predicted molar refractivity (Wildman–Crippen MR) is 162 cm³/mol. The summed E-state index contributed by atoms with van der Waals surface area (Å²) >= 11 is 6.25. The lowest BCUT2D eigenvalue weighted by atomic mass is 9.75. The molecule has 230 valence electrons. The number of ether oxygens (including phenoxy) is 1. The first-order valence-electron chi connectivity index (χ1n) is 15.0. The van der Waals surface area contributed by atoms with Crippen molar-refractivity contribution in [3.8, 4) is 11.1 Å². The van der Waals surface area contributed by atoms with E-state index < -0.39 is 17.2 Å². The van der Waals surface area contributed by atoms with Crippen LogP contribution in [0.4, 0.5) is 24.7 Å². The number of pyridine rings is 1. The molecule has 1 aromatic heterocycles. The summed E-state index contributed by atoms with van der Waals surface area (Å²) in [4.78, 5) is 24.5. The maximum absolute atomic E-state index is 14.0. The first-order chi connectivity index (χ1) is 20.6. The number of benzene rings is 1. The van der Waals surface area contributed by atoms with Crippen molar-refractivity contribution in [2.75, 3.05) is 69.2 Å². The van der Waals surface area contributed by atoms with Crippen LogP contribution in [0.5, 0.6) is 0 Å². The van der Waals surface area contributed by atoms with Crippen molar-refractivity contribution >= 4 is 29.0 Å². The SMILES string of the molecule is CC1(CN2CCNc3ncc(-c4cccc(C(=O)N5CCC(N6CCOCC6)CC5)c4)cc32)CC(Cl)=CC=C1C(F)(F)F. The van der Waals surface area contributed by atoms with Crippen LogP contribution in [-0.4, -0.2) is 91.9 Å². The number of rotatable bonds is 5. The number of nitrogens with one attached hydrogen (secondary N) is 1. The number of piperidine rings is 1. The van der Waals surface area contributed by atoms with Gasteiger partial charge in [0, 0.05) is 85.2 Å². The maximum atomic E-state index is 14.0. The van der Waals surface area contributed by atoms with Crippen LogP contribution in [0.1, 0.15) is 36.5 Å². The summed E-state index contributed by atoms with van der Waals surface area (Å²) in [7, 11) is 0. The first kappa shape index (κ1) is 30.0. The number of aromatic nitrogens is 1. The number of likely N-dealkylation sites (tertiary alicyclic amines) is 1. The highest BCUT2D eigenvalue weighted by Gasteiger charge is 2.48. The van der Waals surface area contributed by atoms with Crippen LogP contribution in [0.2, 0.25) is 0 Å². The lowest BCUT2D eigenvalue weighted by Gasteiger charge is -2.42. The third-order valence-electron chi connectivity index (χ3n) is 9.12. The number of amides is 1. The first-order valence-corrected chi connectivity index (χ1v) is 15.3. The van der Waals surface area contributed by atoms with Crippen molar-refractivity contribution in [2.45, 2.75) is 38.4 Å². The Morgan fingerprint density at radius 2 is 1.86 bits per heavy atom. The number of fused-ring (bicyclic) bond motifs is 1. The number of nitrogens with zero attached hydrogens (tertiary/aromatic N) is 4. The van der Waals surface area contributed by atoms with E-state index in [0.717, 1.165) is 75.1 Å². The zero-order chi connectivity index (χ0) is 30.2. The van der Waals surface area contributed by atoms with Gasteiger partial charge in [0.2, 0.25) is 0 Å². The number of allylic oxidation sites excluding steroid dienone is 3. The Bertz CT molecular complexity index is 1420. The molecule has 7 nitrogen and oxygen atoms in total. The topological polar surface area (TPSA) is 60.9 Å². The van der Waals surface area contributed by atoms with Gasteiger partial charge in [-0.05, 0) is 49.1 Å². The van der Waals surface area contributed by atoms with Crippen molar-refractivity contribution in [1.82, 2.24) is 14.8 Å². The molecule has 2 saturated heterocycles. The highest BCUT2D eigenvalue weighted by molar-refractivity contribution is 6.29. The molecule has 4 heterocycles. The van der Waals surface area contributed by atoms with Gasteiger partial charge in [0.15, 0.2) is 0 Å². The van der Waals surface area contributed by atoms with Gasteiger partial charge in [-0.3, -0.25) is 9.69 Å². The summed E-state index contributed by atoms with van der Waals surface area (Å²) in [5.41, 5.74) is 1.20. The molecule has 0 saturated carbocycles. The zero-order valence-corrected chi connectivity index (χ0v) is 25.1. The van der Waals surface area contributed by atoms with Crippen molar-refractivity contribution < 1.29 is 22.7 Å². The summed E-state index contributed by atoms with van der Waals surface area (Å²) in [5, 5.41) is 3.68. The van der Waals surface area contributed by atoms with Gasteiger partial charge in [0.1, 0.15) is 5.82 Å². The van der Waals surface area contributed by atoms with Crippen LogP contribution in [0, 0.1) is 5.41 Å². The molecule has 1 aliphatic carbocycles. The molecule has 1 N–H and O–H groups in total. The van der Waals surface area contributed by atoms with E-state index in [4.69, 9.17) is 16.3 Å². The lowest BCUT2D eigenvalue weighted by molar-refractivity contribution is -0.106. The van der Waals surface area contributed by atoms with Crippen LogP contribution in [0.3, 0.4) is 0 Å². The van der Waals surface area contributed by atoms with E-state index >= 15 is 0 Å². The van der Waals surface area contributed by atoms with E-state index in [9.17, 15) is 18.0 Å². The van der Waals surface area contributed by atoms with Gasteiger partial charge in [0.25, 0.3) is 5.91 Å². The number of morpholine rings is 1.